The summed E-state index contributed by atoms with van der Waals surface area (Å²) >= 11 is 0. The average molecular weight is 460 g/mol. The van der Waals surface area contributed by atoms with E-state index in [0.29, 0.717) is 13.2 Å². The first-order chi connectivity index (χ1) is 15.7. The highest BCUT2D eigenvalue weighted by Crippen LogP contribution is 2.33. The Hall–Kier alpha value is -2.61. The second kappa shape index (κ2) is 11.0. The summed E-state index contributed by atoms with van der Waals surface area (Å²) in [5, 5.41) is 3.32. The Morgan fingerprint density at radius 2 is 1.79 bits per heavy atom. The minimum Gasteiger partial charge on any atom is -0.467 e. The number of hydrogen-bond donors (Lipinski definition) is 1. The van der Waals surface area contributed by atoms with Gasteiger partial charge >= 0.3 is 11.9 Å². The van der Waals surface area contributed by atoms with Crippen LogP contribution >= 0.6 is 0 Å². The van der Waals surface area contributed by atoms with Gasteiger partial charge in [0, 0.05) is 12.2 Å². The van der Waals surface area contributed by atoms with Crippen LogP contribution in [0.15, 0.2) is 30.3 Å². The third kappa shape index (κ3) is 6.69. The van der Waals surface area contributed by atoms with Crippen molar-refractivity contribution in [2.75, 3.05) is 32.3 Å². The van der Waals surface area contributed by atoms with E-state index in [9.17, 15) is 14.4 Å². The van der Waals surface area contributed by atoms with E-state index in [1.54, 1.807) is 4.90 Å². The molecule has 2 atom stereocenters. The molecule has 0 aromatic heterocycles. The number of nitrogens with zero attached hydrogens (tertiary/aromatic N) is 2. The Bertz CT molecular complexity index is 817. The van der Waals surface area contributed by atoms with Gasteiger partial charge in [-0.1, -0.05) is 39.0 Å². The van der Waals surface area contributed by atoms with Gasteiger partial charge in [0.05, 0.1) is 32.8 Å². The van der Waals surface area contributed by atoms with Gasteiger partial charge in [-0.2, -0.15) is 0 Å². The average Bonchev–Trinajstić information content (AvgIpc) is 3.45. The summed E-state index contributed by atoms with van der Waals surface area (Å²) in [6, 6.07) is 9.04. The first-order valence-electron chi connectivity index (χ1n) is 11.8. The van der Waals surface area contributed by atoms with Gasteiger partial charge in [-0.3, -0.25) is 14.5 Å². The summed E-state index contributed by atoms with van der Waals surface area (Å²) in [5.74, 6) is -1.61. The molecule has 1 N–H and O–H groups in total. The van der Waals surface area contributed by atoms with Gasteiger partial charge in [0.2, 0.25) is 5.91 Å². The molecule has 1 saturated heterocycles. The summed E-state index contributed by atoms with van der Waals surface area (Å²) in [6.45, 7) is 6.94. The van der Waals surface area contributed by atoms with Crippen molar-refractivity contribution < 1.29 is 23.9 Å². The number of methoxy groups -OCH3 is 1. The number of benzene rings is 1. The lowest BCUT2D eigenvalue weighted by atomic mass is 9.77. The van der Waals surface area contributed by atoms with Crippen LogP contribution in [0.3, 0.4) is 0 Å². The van der Waals surface area contributed by atoms with Crippen LogP contribution in [-0.2, 0) is 23.9 Å². The number of carbonyl (C=O) groups excluding carboxylic acids is 3. The number of rotatable bonds is 8. The molecule has 0 bridgehead atoms. The molecule has 1 heterocycles. The summed E-state index contributed by atoms with van der Waals surface area (Å²) in [7, 11) is 1.33. The van der Waals surface area contributed by atoms with Crippen LogP contribution in [0, 0.1) is 11.3 Å². The maximum absolute atomic E-state index is 13.7. The Morgan fingerprint density at radius 3 is 2.39 bits per heavy atom. The zero-order valence-corrected chi connectivity index (χ0v) is 20.2. The second-order valence-corrected chi connectivity index (χ2v) is 10.1. The van der Waals surface area contributed by atoms with Crippen molar-refractivity contribution in [1.82, 2.24) is 9.80 Å². The molecule has 33 heavy (non-hydrogen) atoms. The van der Waals surface area contributed by atoms with Crippen molar-refractivity contribution in [1.29, 1.82) is 0 Å². The van der Waals surface area contributed by atoms with Crippen molar-refractivity contribution in [3.05, 3.63) is 30.3 Å². The van der Waals surface area contributed by atoms with Gasteiger partial charge < -0.3 is 19.7 Å². The topological polar surface area (TPSA) is 88.2 Å². The highest BCUT2D eigenvalue weighted by atomic mass is 16.5. The number of hydrogen-bond acceptors (Lipinski definition) is 7. The van der Waals surface area contributed by atoms with Crippen LogP contribution in [0.25, 0.3) is 0 Å². The molecule has 1 aliphatic heterocycles. The summed E-state index contributed by atoms with van der Waals surface area (Å²) in [4.78, 5) is 42.4. The molecule has 1 saturated carbocycles. The van der Waals surface area contributed by atoms with E-state index in [1.807, 2.05) is 56.0 Å². The van der Waals surface area contributed by atoms with E-state index in [-0.39, 0.29) is 31.1 Å². The lowest BCUT2D eigenvalue weighted by Crippen LogP contribution is -2.48. The molecular formula is C25H37N3O5. The first kappa shape index (κ1) is 25.0. The number of para-hydroxylation sites is 1. The van der Waals surface area contributed by atoms with E-state index in [2.05, 4.69) is 5.32 Å². The van der Waals surface area contributed by atoms with Gasteiger partial charge in [-0.05, 0) is 43.2 Å². The summed E-state index contributed by atoms with van der Waals surface area (Å²) < 4.78 is 10.6. The molecule has 1 aromatic carbocycles. The minimum atomic E-state index is -0.712. The number of amides is 1. The van der Waals surface area contributed by atoms with Gasteiger partial charge in [-0.15, -0.1) is 0 Å². The predicted molar refractivity (Wildman–Crippen MR) is 125 cm³/mol. The zero-order valence-electron chi connectivity index (χ0n) is 20.2. The molecule has 2 fully saturated rings. The molecule has 0 radical (unpaired) electrons. The highest BCUT2D eigenvalue weighted by Gasteiger charge is 2.45. The quantitative estimate of drug-likeness (QED) is 0.597. The number of carbonyl (C=O) groups is 3. The van der Waals surface area contributed by atoms with Gasteiger partial charge in [-0.25, -0.2) is 4.79 Å². The maximum Gasteiger partial charge on any atom is 0.329 e. The van der Waals surface area contributed by atoms with Crippen molar-refractivity contribution >= 4 is 23.5 Å². The lowest BCUT2D eigenvalue weighted by molar-refractivity contribution is -0.158. The van der Waals surface area contributed by atoms with Crippen LogP contribution in [0.4, 0.5) is 5.69 Å². The monoisotopic (exact) mass is 459 g/mol. The third-order valence-corrected chi connectivity index (χ3v) is 6.51. The van der Waals surface area contributed by atoms with E-state index in [0.717, 1.165) is 31.4 Å². The van der Waals surface area contributed by atoms with E-state index in [4.69, 9.17) is 9.47 Å². The molecule has 1 amide bonds. The van der Waals surface area contributed by atoms with E-state index in [1.165, 1.54) is 7.11 Å². The van der Waals surface area contributed by atoms with Gasteiger partial charge in [0.15, 0.2) is 0 Å². The maximum atomic E-state index is 13.7. The smallest absolute Gasteiger partial charge is 0.329 e. The largest absolute Gasteiger partial charge is 0.467 e. The molecule has 8 nitrogen and oxygen atoms in total. The molecule has 1 aliphatic carbocycles. The second-order valence-electron chi connectivity index (χ2n) is 10.1. The predicted octanol–water partition coefficient (Wildman–Crippen LogP) is 3.24. The fraction of sp³-hybridized carbons (Fsp3) is 0.640. The Labute approximate surface area is 196 Å². The molecule has 0 spiro atoms. The molecule has 2 aliphatic rings. The lowest BCUT2D eigenvalue weighted by Gasteiger charge is -2.34. The highest BCUT2D eigenvalue weighted by molar-refractivity contribution is 5.89. The molecule has 8 heteroatoms. The zero-order chi connectivity index (χ0) is 24.0. The third-order valence-electron chi connectivity index (χ3n) is 6.51. The summed E-state index contributed by atoms with van der Waals surface area (Å²) in [5.41, 5.74) is 0.487. The van der Waals surface area contributed by atoms with Crippen LogP contribution in [0.2, 0.25) is 0 Å². The van der Waals surface area contributed by atoms with Crippen molar-refractivity contribution in [3.8, 4) is 0 Å². The van der Waals surface area contributed by atoms with Gasteiger partial charge in [0.25, 0.3) is 0 Å². The summed E-state index contributed by atoms with van der Waals surface area (Å²) in [6.07, 6.45) is 3.88. The van der Waals surface area contributed by atoms with Gasteiger partial charge in [0.1, 0.15) is 12.1 Å². The Morgan fingerprint density at radius 1 is 1.12 bits per heavy atom. The van der Waals surface area contributed by atoms with Crippen molar-refractivity contribution in [3.63, 3.8) is 0 Å². The Balaban J connectivity index is 1.69. The van der Waals surface area contributed by atoms with Crippen molar-refractivity contribution in [2.24, 2.45) is 11.3 Å². The minimum absolute atomic E-state index is 0.00545. The van der Waals surface area contributed by atoms with E-state index < -0.39 is 23.3 Å². The molecule has 182 valence electrons. The molecular weight excluding hydrogens is 422 g/mol. The van der Waals surface area contributed by atoms with Crippen LogP contribution in [0.1, 0.15) is 52.9 Å². The number of ether oxygens (including phenoxy) is 2. The standard InChI is InChI=1S/C25H37N3O5/c1-25(2,3)20(14-22(29)33-19-12-8-9-13-19)23(30)28-17-27(15-21(28)24(31)32-4)16-26-18-10-6-5-7-11-18/h5-7,10-11,19-21,26H,8-9,12-17H2,1-4H3/t20-,21+/m1/s1. The SMILES string of the molecule is COC(=O)[C@@H]1CN(CNc2ccccc2)CN1C(=O)[C@@H](CC(=O)OC1CCCC1)C(C)(C)C. The van der Waals surface area contributed by atoms with Crippen LogP contribution in [0.5, 0.6) is 0 Å². The molecule has 0 unspecified atom stereocenters. The molecule has 1 aromatic rings. The Kier molecular flexibility index (Phi) is 8.35. The van der Waals surface area contributed by atoms with Crippen molar-refractivity contribution in [2.45, 2.75) is 65.0 Å². The van der Waals surface area contributed by atoms with Crippen LogP contribution in [-0.4, -0.2) is 66.8 Å². The van der Waals surface area contributed by atoms with Crippen LogP contribution < -0.4 is 5.32 Å². The van der Waals surface area contributed by atoms with E-state index >= 15 is 0 Å². The fourth-order valence-electron chi connectivity index (χ4n) is 4.52. The first-order valence-corrected chi connectivity index (χ1v) is 11.8. The number of anilines is 1. The number of nitrogens with one attached hydrogen (secondary N) is 1. The number of esters is 2. The normalized spacial score (nSPS) is 20.5. The molecule has 3 rings (SSSR count). The fourth-order valence-corrected chi connectivity index (χ4v) is 4.52.